The van der Waals surface area contributed by atoms with Crippen molar-refractivity contribution in [3.63, 3.8) is 0 Å². The number of benzene rings is 2. The lowest BCUT2D eigenvalue weighted by molar-refractivity contribution is -0.127. The summed E-state index contributed by atoms with van der Waals surface area (Å²) in [7, 11) is 0. The Balaban J connectivity index is 1.97. The van der Waals surface area contributed by atoms with E-state index < -0.39 is 29.7 Å². The van der Waals surface area contributed by atoms with Crippen molar-refractivity contribution in [2.45, 2.75) is 26.0 Å². The van der Waals surface area contributed by atoms with Gasteiger partial charge in [-0.1, -0.05) is 6.07 Å². The largest absolute Gasteiger partial charge is 0.481 e. The third kappa shape index (κ3) is 4.29. The molecule has 0 aliphatic rings. The van der Waals surface area contributed by atoms with Crippen LogP contribution in [0.25, 0.3) is 0 Å². The first-order valence-electron chi connectivity index (χ1n) is 7.33. The van der Waals surface area contributed by atoms with Crippen LogP contribution in [0.2, 0.25) is 0 Å². The normalized spacial score (nSPS) is 12.8. The van der Waals surface area contributed by atoms with E-state index >= 15 is 0 Å². The van der Waals surface area contributed by atoms with Crippen molar-refractivity contribution in [3.05, 3.63) is 65.2 Å². The first-order valence-corrected chi connectivity index (χ1v) is 7.33. The third-order valence-corrected chi connectivity index (χ3v) is 3.47. The average Bonchev–Trinajstić information content (AvgIpc) is 2.57. The van der Waals surface area contributed by atoms with Crippen molar-refractivity contribution in [2.24, 2.45) is 0 Å². The van der Waals surface area contributed by atoms with E-state index in [1.807, 2.05) is 6.07 Å². The molecule has 2 aromatic rings. The highest BCUT2D eigenvalue weighted by atomic mass is 19.2. The van der Waals surface area contributed by atoms with Crippen molar-refractivity contribution in [1.29, 1.82) is 5.26 Å². The second kappa shape index (κ2) is 7.55. The van der Waals surface area contributed by atoms with Crippen molar-refractivity contribution in [2.75, 3.05) is 0 Å². The molecule has 4 nitrogen and oxygen atoms in total. The zero-order valence-corrected chi connectivity index (χ0v) is 13.2. The highest BCUT2D eigenvalue weighted by Gasteiger charge is 2.18. The minimum absolute atomic E-state index is 0.392. The summed E-state index contributed by atoms with van der Waals surface area (Å²) in [6.07, 6.45) is -0.786. The number of halogens is 2. The molecule has 0 spiro atoms. The fraction of sp³-hybridized carbons (Fsp3) is 0.222. The third-order valence-electron chi connectivity index (χ3n) is 3.47. The molecule has 2 rings (SSSR count). The summed E-state index contributed by atoms with van der Waals surface area (Å²) >= 11 is 0. The van der Waals surface area contributed by atoms with E-state index in [4.69, 9.17) is 10.00 Å². The number of nitrogens with one attached hydrogen (secondary N) is 1. The first kappa shape index (κ1) is 17.4. The van der Waals surface area contributed by atoms with Crippen molar-refractivity contribution in [3.8, 4) is 11.8 Å². The zero-order chi connectivity index (χ0) is 17.7. The maximum atomic E-state index is 13.2. The van der Waals surface area contributed by atoms with Gasteiger partial charge in [0.15, 0.2) is 17.7 Å². The van der Waals surface area contributed by atoms with Gasteiger partial charge in [-0.25, -0.2) is 8.78 Å². The van der Waals surface area contributed by atoms with Crippen LogP contribution in [-0.4, -0.2) is 12.0 Å². The minimum Gasteiger partial charge on any atom is -0.481 e. The Morgan fingerprint density at radius 1 is 1.12 bits per heavy atom. The van der Waals surface area contributed by atoms with E-state index in [2.05, 4.69) is 5.32 Å². The number of rotatable bonds is 5. The number of ether oxygens (including phenoxy) is 1. The van der Waals surface area contributed by atoms with Crippen LogP contribution < -0.4 is 10.1 Å². The topological polar surface area (TPSA) is 62.1 Å². The van der Waals surface area contributed by atoms with E-state index in [-0.39, 0.29) is 0 Å². The van der Waals surface area contributed by atoms with Gasteiger partial charge in [0.1, 0.15) is 5.75 Å². The highest BCUT2D eigenvalue weighted by Crippen LogP contribution is 2.17. The van der Waals surface area contributed by atoms with Gasteiger partial charge in [-0.05, 0) is 55.8 Å². The number of hydrogen-bond donors (Lipinski definition) is 1. The Kier molecular flexibility index (Phi) is 5.48. The van der Waals surface area contributed by atoms with Crippen molar-refractivity contribution < 1.29 is 18.3 Å². The molecule has 0 fully saturated rings. The lowest BCUT2D eigenvalue weighted by Gasteiger charge is -2.19. The molecule has 0 heterocycles. The van der Waals surface area contributed by atoms with Gasteiger partial charge in [-0.15, -0.1) is 0 Å². The Bertz CT molecular complexity index is 770. The zero-order valence-electron chi connectivity index (χ0n) is 13.2. The van der Waals surface area contributed by atoms with Crippen LogP contribution in [0.3, 0.4) is 0 Å². The lowest BCUT2D eigenvalue weighted by Crippen LogP contribution is -2.37. The first-order chi connectivity index (χ1) is 11.4. The number of nitriles is 1. The summed E-state index contributed by atoms with van der Waals surface area (Å²) < 4.78 is 31.7. The molecular weight excluding hydrogens is 314 g/mol. The van der Waals surface area contributed by atoms with Crippen LogP contribution >= 0.6 is 0 Å². The van der Waals surface area contributed by atoms with Gasteiger partial charge in [0.05, 0.1) is 17.7 Å². The van der Waals surface area contributed by atoms with Crippen LogP contribution in [0, 0.1) is 23.0 Å². The maximum Gasteiger partial charge on any atom is 0.261 e. The molecule has 0 saturated heterocycles. The Labute approximate surface area is 138 Å². The van der Waals surface area contributed by atoms with Gasteiger partial charge in [-0.2, -0.15) is 5.26 Å². The lowest BCUT2D eigenvalue weighted by atomic mass is 10.1. The van der Waals surface area contributed by atoms with Gasteiger partial charge in [0.2, 0.25) is 0 Å². The molecule has 2 atom stereocenters. The van der Waals surface area contributed by atoms with E-state index in [9.17, 15) is 13.6 Å². The van der Waals surface area contributed by atoms with Gasteiger partial charge >= 0.3 is 0 Å². The predicted molar refractivity (Wildman–Crippen MR) is 84.2 cm³/mol. The molecular formula is C18H16F2N2O2. The van der Waals surface area contributed by atoms with Crippen molar-refractivity contribution >= 4 is 5.91 Å². The van der Waals surface area contributed by atoms with Gasteiger partial charge in [0, 0.05) is 0 Å². The summed E-state index contributed by atoms with van der Waals surface area (Å²) in [5.74, 6) is -1.83. The molecule has 0 aliphatic heterocycles. The highest BCUT2D eigenvalue weighted by molar-refractivity contribution is 5.81. The maximum absolute atomic E-state index is 13.2. The van der Waals surface area contributed by atoms with E-state index in [1.165, 1.54) is 6.07 Å². The van der Waals surface area contributed by atoms with E-state index in [0.717, 1.165) is 12.1 Å². The van der Waals surface area contributed by atoms with Crippen LogP contribution in [0.5, 0.6) is 5.75 Å². The molecule has 0 radical (unpaired) electrons. The monoisotopic (exact) mass is 330 g/mol. The van der Waals surface area contributed by atoms with E-state index in [0.29, 0.717) is 16.9 Å². The van der Waals surface area contributed by atoms with Crippen LogP contribution in [-0.2, 0) is 4.79 Å². The van der Waals surface area contributed by atoms with Crippen LogP contribution in [0.15, 0.2) is 42.5 Å². The Morgan fingerprint density at radius 3 is 2.38 bits per heavy atom. The molecule has 1 amide bonds. The number of hydrogen-bond acceptors (Lipinski definition) is 3. The quantitative estimate of drug-likeness (QED) is 0.913. The smallest absolute Gasteiger partial charge is 0.261 e. The summed E-state index contributed by atoms with van der Waals surface area (Å²) in [5, 5.41) is 11.4. The number of carbonyl (C=O) groups excluding carboxylic acids is 1. The molecule has 2 aromatic carbocycles. The fourth-order valence-corrected chi connectivity index (χ4v) is 2.06. The average molecular weight is 330 g/mol. The van der Waals surface area contributed by atoms with Gasteiger partial charge < -0.3 is 10.1 Å². The second-order valence-corrected chi connectivity index (χ2v) is 5.30. The van der Waals surface area contributed by atoms with Crippen LogP contribution in [0.4, 0.5) is 8.78 Å². The minimum atomic E-state index is -0.963. The number of nitrogens with zero attached hydrogens (tertiary/aromatic N) is 1. The predicted octanol–water partition coefficient (Wildman–Crippen LogP) is 3.48. The van der Waals surface area contributed by atoms with Crippen LogP contribution in [0.1, 0.15) is 31.0 Å². The SMILES string of the molecule is CC(Oc1ccc(C#N)cc1)C(=O)NC(C)c1ccc(F)c(F)c1. The van der Waals surface area contributed by atoms with E-state index in [1.54, 1.807) is 38.1 Å². The second-order valence-electron chi connectivity index (χ2n) is 5.30. The molecule has 0 saturated carbocycles. The summed E-state index contributed by atoms with van der Waals surface area (Å²) in [6, 6.07) is 11.3. The molecule has 0 aromatic heterocycles. The molecule has 0 aliphatic carbocycles. The van der Waals surface area contributed by atoms with Gasteiger partial charge in [-0.3, -0.25) is 4.79 Å². The molecule has 0 bridgehead atoms. The standard InChI is InChI=1S/C18H16F2N2O2/c1-11(14-5-8-16(19)17(20)9-14)22-18(23)12(2)24-15-6-3-13(10-21)4-7-15/h3-9,11-12H,1-2H3,(H,22,23). The Morgan fingerprint density at radius 2 is 1.79 bits per heavy atom. The van der Waals surface area contributed by atoms with Gasteiger partial charge in [0.25, 0.3) is 5.91 Å². The van der Waals surface area contributed by atoms with Crippen molar-refractivity contribution in [1.82, 2.24) is 5.32 Å². The Hall–Kier alpha value is -2.94. The fourth-order valence-electron chi connectivity index (χ4n) is 2.06. The summed E-state index contributed by atoms with van der Waals surface area (Å²) in [6.45, 7) is 3.24. The number of carbonyl (C=O) groups is 1. The summed E-state index contributed by atoms with van der Waals surface area (Å²) in [4.78, 5) is 12.1. The molecule has 6 heteroatoms. The molecule has 2 unspecified atom stereocenters. The summed E-state index contributed by atoms with van der Waals surface area (Å²) in [5.41, 5.74) is 0.944. The molecule has 24 heavy (non-hydrogen) atoms. The number of amides is 1. The molecule has 124 valence electrons. The molecule has 1 N–H and O–H groups in total.